The molecule has 0 aliphatic heterocycles. The quantitative estimate of drug-likeness (QED) is 0.402. The predicted molar refractivity (Wildman–Crippen MR) is 58.8 cm³/mol. The summed E-state index contributed by atoms with van der Waals surface area (Å²) in [4.78, 5) is 0. The second-order valence-electron chi connectivity index (χ2n) is 4.15. The molecule has 0 spiro atoms. The van der Waals surface area contributed by atoms with E-state index in [2.05, 4.69) is 12.0 Å². The van der Waals surface area contributed by atoms with E-state index >= 15 is 0 Å². The Labute approximate surface area is 86.7 Å². The van der Waals surface area contributed by atoms with E-state index in [1.807, 2.05) is 13.8 Å². The van der Waals surface area contributed by atoms with E-state index < -0.39 is 0 Å². The fourth-order valence-electron chi connectivity index (χ4n) is 2.52. The molecule has 1 saturated carbocycles. The van der Waals surface area contributed by atoms with E-state index in [4.69, 9.17) is 10.6 Å². The molecule has 3 nitrogen and oxygen atoms in total. The van der Waals surface area contributed by atoms with Crippen LogP contribution in [0.1, 0.15) is 39.5 Å². The molecule has 1 aliphatic carbocycles. The van der Waals surface area contributed by atoms with Crippen molar-refractivity contribution in [2.75, 3.05) is 6.61 Å². The Balaban J connectivity index is 2.78. The lowest BCUT2D eigenvalue weighted by Crippen LogP contribution is -2.54. The molecule has 0 heterocycles. The third kappa shape index (κ3) is 2.16. The van der Waals surface area contributed by atoms with Crippen molar-refractivity contribution in [1.29, 1.82) is 0 Å². The summed E-state index contributed by atoms with van der Waals surface area (Å²) in [6, 6.07) is 0.0879. The van der Waals surface area contributed by atoms with Gasteiger partial charge in [-0.3, -0.25) is 11.3 Å². The Morgan fingerprint density at radius 2 is 2.14 bits per heavy atom. The maximum Gasteiger partial charge on any atom is 0.0885 e. The molecule has 1 fully saturated rings. The van der Waals surface area contributed by atoms with Crippen LogP contribution >= 0.6 is 0 Å². The van der Waals surface area contributed by atoms with Gasteiger partial charge in [0.1, 0.15) is 0 Å². The van der Waals surface area contributed by atoms with Crippen LogP contribution in [0.3, 0.4) is 0 Å². The summed E-state index contributed by atoms with van der Waals surface area (Å²) in [5.74, 6) is 5.58. The number of nitrogens with one attached hydrogen (secondary N) is 1. The molecule has 0 bridgehead atoms. The van der Waals surface area contributed by atoms with Crippen molar-refractivity contribution in [3.05, 3.63) is 12.2 Å². The topological polar surface area (TPSA) is 47.3 Å². The predicted octanol–water partition coefficient (Wildman–Crippen LogP) is 1.74. The molecular formula is C11H22N2O. The number of hydrogen-bond donors (Lipinski definition) is 2. The van der Waals surface area contributed by atoms with Crippen molar-refractivity contribution in [2.45, 2.75) is 51.2 Å². The highest BCUT2D eigenvalue weighted by atomic mass is 16.5. The molecule has 0 aromatic heterocycles. The summed E-state index contributed by atoms with van der Waals surface area (Å²) in [6.45, 7) is 8.75. The summed E-state index contributed by atoms with van der Waals surface area (Å²) < 4.78 is 5.90. The van der Waals surface area contributed by atoms with Gasteiger partial charge in [-0.25, -0.2) is 0 Å². The molecule has 3 heteroatoms. The molecule has 1 atom stereocenters. The number of rotatable bonds is 5. The van der Waals surface area contributed by atoms with Crippen molar-refractivity contribution in [3.63, 3.8) is 0 Å². The highest BCUT2D eigenvalue weighted by Gasteiger charge is 2.42. The van der Waals surface area contributed by atoms with E-state index in [9.17, 15) is 0 Å². The van der Waals surface area contributed by atoms with Crippen LogP contribution in [-0.4, -0.2) is 18.2 Å². The molecule has 0 radical (unpaired) electrons. The van der Waals surface area contributed by atoms with Gasteiger partial charge in [0.05, 0.1) is 11.6 Å². The lowest BCUT2D eigenvalue weighted by Gasteiger charge is -2.37. The maximum atomic E-state index is 5.90. The zero-order valence-corrected chi connectivity index (χ0v) is 9.31. The van der Waals surface area contributed by atoms with Gasteiger partial charge in [-0.05, 0) is 26.7 Å². The number of ether oxygens (including phenoxy) is 1. The normalized spacial score (nSPS) is 22.2. The fourth-order valence-corrected chi connectivity index (χ4v) is 2.52. The smallest absolute Gasteiger partial charge is 0.0885 e. The number of nitrogens with two attached hydrogens (primary N) is 1. The second kappa shape index (κ2) is 4.91. The molecule has 1 rings (SSSR count). The molecule has 0 saturated heterocycles. The van der Waals surface area contributed by atoms with Crippen LogP contribution in [0.5, 0.6) is 0 Å². The second-order valence-corrected chi connectivity index (χ2v) is 4.15. The first-order chi connectivity index (χ1) is 6.66. The van der Waals surface area contributed by atoms with Crippen molar-refractivity contribution in [3.8, 4) is 0 Å². The van der Waals surface area contributed by atoms with Gasteiger partial charge in [-0.1, -0.05) is 25.0 Å². The Hall–Kier alpha value is -0.380. The van der Waals surface area contributed by atoms with Gasteiger partial charge in [0.2, 0.25) is 0 Å². The maximum absolute atomic E-state index is 5.90. The summed E-state index contributed by atoms with van der Waals surface area (Å²) in [5.41, 5.74) is 3.80. The molecule has 0 aromatic carbocycles. The average Bonchev–Trinajstić information content (AvgIpc) is 2.55. The lowest BCUT2D eigenvalue weighted by atomic mass is 9.88. The number of hydrazine groups is 1. The van der Waals surface area contributed by atoms with Crippen LogP contribution in [0.2, 0.25) is 0 Å². The van der Waals surface area contributed by atoms with E-state index in [0.717, 1.165) is 25.0 Å². The molecule has 0 aromatic rings. The van der Waals surface area contributed by atoms with Crippen LogP contribution in [0.4, 0.5) is 0 Å². The Kier molecular flexibility index (Phi) is 4.11. The molecule has 1 unspecified atom stereocenters. The van der Waals surface area contributed by atoms with Gasteiger partial charge < -0.3 is 4.74 Å². The van der Waals surface area contributed by atoms with E-state index in [1.54, 1.807) is 0 Å². The molecule has 0 amide bonds. The zero-order valence-electron chi connectivity index (χ0n) is 9.31. The van der Waals surface area contributed by atoms with Crippen molar-refractivity contribution in [2.24, 2.45) is 5.84 Å². The summed E-state index contributed by atoms with van der Waals surface area (Å²) in [7, 11) is 0. The first-order valence-electron chi connectivity index (χ1n) is 5.42. The first-order valence-corrected chi connectivity index (χ1v) is 5.42. The van der Waals surface area contributed by atoms with Gasteiger partial charge in [-0.15, -0.1) is 0 Å². The summed E-state index contributed by atoms with van der Waals surface area (Å²) >= 11 is 0. The highest BCUT2D eigenvalue weighted by Crippen LogP contribution is 2.37. The van der Waals surface area contributed by atoms with Crippen LogP contribution in [0.15, 0.2) is 12.2 Å². The van der Waals surface area contributed by atoms with Crippen molar-refractivity contribution in [1.82, 2.24) is 5.43 Å². The van der Waals surface area contributed by atoms with E-state index in [0.29, 0.717) is 0 Å². The molecule has 82 valence electrons. The van der Waals surface area contributed by atoms with Gasteiger partial charge in [0.25, 0.3) is 0 Å². The van der Waals surface area contributed by atoms with Gasteiger partial charge >= 0.3 is 0 Å². The van der Waals surface area contributed by atoms with Crippen LogP contribution in [0, 0.1) is 0 Å². The minimum atomic E-state index is -0.102. The van der Waals surface area contributed by atoms with Crippen LogP contribution < -0.4 is 11.3 Å². The third-order valence-corrected chi connectivity index (χ3v) is 3.07. The summed E-state index contributed by atoms with van der Waals surface area (Å²) in [5, 5.41) is 0. The van der Waals surface area contributed by atoms with Crippen LogP contribution in [0.25, 0.3) is 0 Å². The zero-order chi connectivity index (χ0) is 10.6. The minimum absolute atomic E-state index is 0.0879. The van der Waals surface area contributed by atoms with E-state index in [1.165, 1.54) is 12.8 Å². The molecule has 3 N–H and O–H groups in total. The summed E-state index contributed by atoms with van der Waals surface area (Å²) in [6.07, 6.45) is 4.63. The van der Waals surface area contributed by atoms with E-state index in [-0.39, 0.29) is 11.6 Å². The van der Waals surface area contributed by atoms with Gasteiger partial charge in [-0.2, -0.15) is 0 Å². The third-order valence-electron chi connectivity index (χ3n) is 3.07. The largest absolute Gasteiger partial charge is 0.373 e. The average molecular weight is 198 g/mol. The molecule has 14 heavy (non-hydrogen) atoms. The van der Waals surface area contributed by atoms with Crippen LogP contribution in [-0.2, 0) is 4.74 Å². The monoisotopic (exact) mass is 198 g/mol. The standard InChI is InChI=1S/C11H22N2O/c1-4-14-11(7-5-6-8-11)10(13-12)9(2)3/h10,13H,2,4-8,12H2,1,3H3. The van der Waals surface area contributed by atoms with Crippen molar-refractivity contribution < 1.29 is 4.74 Å². The van der Waals surface area contributed by atoms with Gasteiger partial charge in [0, 0.05) is 6.61 Å². The Morgan fingerprint density at radius 1 is 1.57 bits per heavy atom. The van der Waals surface area contributed by atoms with Gasteiger partial charge in [0.15, 0.2) is 0 Å². The Morgan fingerprint density at radius 3 is 2.50 bits per heavy atom. The molecular weight excluding hydrogens is 176 g/mol. The number of hydrogen-bond acceptors (Lipinski definition) is 3. The fraction of sp³-hybridized carbons (Fsp3) is 0.818. The minimum Gasteiger partial charge on any atom is -0.373 e. The molecule has 1 aliphatic rings. The highest BCUT2D eigenvalue weighted by molar-refractivity contribution is 5.13. The SMILES string of the molecule is C=C(C)C(NN)C1(OCC)CCCC1. The lowest BCUT2D eigenvalue weighted by molar-refractivity contribution is -0.0527. The first kappa shape index (κ1) is 11.7. The van der Waals surface area contributed by atoms with Crippen molar-refractivity contribution >= 4 is 0 Å². The Bertz CT molecular complexity index is 197.